The smallest absolute Gasteiger partial charge is 0.207 e. The summed E-state index contributed by atoms with van der Waals surface area (Å²) in [5, 5.41) is 0. The van der Waals surface area contributed by atoms with Gasteiger partial charge in [0.2, 0.25) is 5.95 Å². The summed E-state index contributed by atoms with van der Waals surface area (Å²) in [5.41, 5.74) is 0.623. The molecule has 1 heterocycles. The molecule has 0 aliphatic rings. The van der Waals surface area contributed by atoms with Crippen molar-refractivity contribution in [1.29, 1.82) is 0 Å². The van der Waals surface area contributed by atoms with Gasteiger partial charge < -0.3 is 0 Å². The van der Waals surface area contributed by atoms with Gasteiger partial charge in [-0.15, -0.1) is 0 Å². The summed E-state index contributed by atoms with van der Waals surface area (Å²) in [7, 11) is 1.71. The molecule has 0 fully saturated rings. The lowest BCUT2D eigenvalue weighted by Gasteiger charge is -1.95. The molecule has 4 heteroatoms. The molecule has 1 nitrogen and oxygen atoms in total. The molecule has 0 bridgehead atoms. The summed E-state index contributed by atoms with van der Waals surface area (Å²) >= 11 is 2.07. The van der Waals surface area contributed by atoms with E-state index < -0.39 is 0 Å². The number of nitrogens with zero attached hydrogens (tertiary/aromatic N) is 1. The molecule has 0 spiro atoms. The molecular formula is C5H4BFIN. The molecule has 1 rings (SSSR count). The van der Waals surface area contributed by atoms with E-state index in [1.807, 2.05) is 0 Å². The van der Waals surface area contributed by atoms with Gasteiger partial charge in [-0.2, -0.15) is 4.39 Å². The van der Waals surface area contributed by atoms with E-state index in [4.69, 9.17) is 0 Å². The lowest BCUT2D eigenvalue weighted by Crippen LogP contribution is -2.13. The van der Waals surface area contributed by atoms with Crippen molar-refractivity contribution < 1.29 is 4.39 Å². The van der Waals surface area contributed by atoms with Crippen molar-refractivity contribution in [2.24, 2.45) is 0 Å². The Hall–Kier alpha value is -0.125. The molecule has 0 saturated carbocycles. The zero-order valence-corrected chi connectivity index (χ0v) is 7.02. The Bertz CT molecular complexity index is 208. The first-order valence-corrected chi connectivity index (χ1v) is 3.56. The first-order chi connectivity index (χ1) is 4.22. The van der Waals surface area contributed by atoms with E-state index in [1.165, 1.54) is 6.20 Å². The molecule has 1 aromatic heterocycles. The van der Waals surface area contributed by atoms with Gasteiger partial charge in [-0.3, -0.25) is 0 Å². The van der Waals surface area contributed by atoms with Crippen molar-refractivity contribution in [3.05, 3.63) is 21.8 Å². The van der Waals surface area contributed by atoms with Crippen LogP contribution in [0.4, 0.5) is 4.39 Å². The van der Waals surface area contributed by atoms with E-state index in [9.17, 15) is 4.39 Å². The van der Waals surface area contributed by atoms with Gasteiger partial charge in [0.05, 0.1) is 0 Å². The van der Waals surface area contributed by atoms with Crippen molar-refractivity contribution >= 4 is 35.9 Å². The first kappa shape index (κ1) is 6.99. The van der Waals surface area contributed by atoms with Crippen LogP contribution in [0.2, 0.25) is 0 Å². The van der Waals surface area contributed by atoms with E-state index in [2.05, 4.69) is 27.6 Å². The summed E-state index contributed by atoms with van der Waals surface area (Å²) in [6.07, 6.45) is 1.46. The molecular weight excluding hydrogens is 231 g/mol. The fourth-order valence-electron chi connectivity index (χ4n) is 0.489. The Kier molecular flexibility index (Phi) is 2.05. The molecule has 0 aliphatic heterocycles. The highest BCUT2D eigenvalue weighted by Crippen LogP contribution is 1.98. The second-order valence-corrected chi connectivity index (χ2v) is 2.87. The molecule has 0 N–H and O–H groups in total. The maximum Gasteiger partial charge on any atom is 0.207 e. The molecule has 1 aromatic rings. The number of hydrogen-bond acceptors (Lipinski definition) is 1. The van der Waals surface area contributed by atoms with Crippen molar-refractivity contribution in [3.8, 4) is 0 Å². The normalized spacial score (nSPS) is 9.56. The number of hydrogen-bond donors (Lipinski definition) is 0. The third-order valence-corrected chi connectivity index (χ3v) is 2.25. The minimum absolute atomic E-state index is 0.373. The highest BCUT2D eigenvalue weighted by atomic mass is 127. The SMILES string of the molecule is Bc1c(I)ccnc1F. The molecule has 9 heavy (non-hydrogen) atoms. The summed E-state index contributed by atoms with van der Waals surface area (Å²) in [6, 6.07) is 1.78. The fourth-order valence-corrected chi connectivity index (χ4v) is 0.872. The van der Waals surface area contributed by atoms with Gasteiger partial charge in [0.15, 0.2) is 0 Å². The zero-order chi connectivity index (χ0) is 6.85. The second-order valence-electron chi connectivity index (χ2n) is 1.71. The van der Waals surface area contributed by atoms with Gasteiger partial charge in [0.1, 0.15) is 7.85 Å². The average molecular weight is 235 g/mol. The molecule has 0 atom stereocenters. The van der Waals surface area contributed by atoms with Crippen LogP contribution in [0.3, 0.4) is 0 Å². The van der Waals surface area contributed by atoms with Crippen LogP contribution >= 0.6 is 22.6 Å². The van der Waals surface area contributed by atoms with Crippen LogP contribution < -0.4 is 5.46 Å². The number of halogens is 2. The molecule has 0 saturated heterocycles. The van der Waals surface area contributed by atoms with Crippen molar-refractivity contribution in [2.75, 3.05) is 0 Å². The van der Waals surface area contributed by atoms with Crippen molar-refractivity contribution in [2.45, 2.75) is 0 Å². The Morgan fingerprint density at radius 1 is 1.67 bits per heavy atom. The maximum absolute atomic E-state index is 12.5. The second kappa shape index (κ2) is 2.64. The van der Waals surface area contributed by atoms with Crippen molar-refractivity contribution in [3.63, 3.8) is 0 Å². The Balaban J connectivity index is 3.25. The van der Waals surface area contributed by atoms with Crippen LogP contribution in [0, 0.1) is 9.52 Å². The minimum Gasteiger partial charge on any atom is -0.229 e. The van der Waals surface area contributed by atoms with Gasteiger partial charge in [-0.05, 0) is 34.1 Å². The molecule has 0 amide bonds. The predicted octanol–water partition coefficient (Wildman–Crippen LogP) is 0.0837. The lowest BCUT2D eigenvalue weighted by molar-refractivity contribution is 0.591. The molecule has 46 valence electrons. The Labute approximate surface area is 67.2 Å². The molecule has 0 radical (unpaired) electrons. The van der Waals surface area contributed by atoms with Gasteiger partial charge in [-0.1, -0.05) is 0 Å². The quantitative estimate of drug-likeness (QED) is 0.352. The van der Waals surface area contributed by atoms with Gasteiger partial charge in [0.25, 0.3) is 0 Å². The number of rotatable bonds is 0. The zero-order valence-electron chi connectivity index (χ0n) is 4.86. The summed E-state index contributed by atoms with van der Waals surface area (Å²) < 4.78 is 13.4. The summed E-state index contributed by atoms with van der Waals surface area (Å²) in [4.78, 5) is 3.47. The van der Waals surface area contributed by atoms with Gasteiger partial charge in [-0.25, -0.2) is 4.98 Å². The van der Waals surface area contributed by atoms with Crippen molar-refractivity contribution in [1.82, 2.24) is 4.98 Å². The highest BCUT2D eigenvalue weighted by molar-refractivity contribution is 14.1. The lowest BCUT2D eigenvalue weighted by atomic mass is 9.99. The van der Waals surface area contributed by atoms with Crippen LogP contribution in [0.15, 0.2) is 12.3 Å². The van der Waals surface area contributed by atoms with E-state index in [0.717, 1.165) is 3.57 Å². The van der Waals surface area contributed by atoms with Crippen LogP contribution in [-0.4, -0.2) is 12.8 Å². The predicted molar refractivity (Wildman–Crippen MR) is 45.1 cm³/mol. The standard InChI is InChI=1S/C5H4BFIN/c6-4-3(8)1-2-9-5(4)7/h1-2H,6H2. The van der Waals surface area contributed by atoms with E-state index in [1.54, 1.807) is 13.9 Å². The maximum atomic E-state index is 12.5. The van der Waals surface area contributed by atoms with Gasteiger partial charge in [0, 0.05) is 9.77 Å². The van der Waals surface area contributed by atoms with Crippen LogP contribution in [-0.2, 0) is 0 Å². The topological polar surface area (TPSA) is 12.9 Å². The van der Waals surface area contributed by atoms with Gasteiger partial charge >= 0.3 is 0 Å². The molecule has 0 aliphatic carbocycles. The Morgan fingerprint density at radius 3 is 2.78 bits per heavy atom. The molecule has 0 aromatic carbocycles. The first-order valence-electron chi connectivity index (χ1n) is 2.48. The van der Waals surface area contributed by atoms with E-state index in [0.29, 0.717) is 5.46 Å². The minimum atomic E-state index is -0.373. The van der Waals surface area contributed by atoms with Crippen LogP contribution in [0.25, 0.3) is 0 Å². The fraction of sp³-hybridized carbons (Fsp3) is 0. The largest absolute Gasteiger partial charge is 0.229 e. The average Bonchev–Trinajstić information content (AvgIpc) is 1.83. The van der Waals surface area contributed by atoms with Crippen LogP contribution in [0.5, 0.6) is 0 Å². The Morgan fingerprint density at radius 2 is 2.33 bits per heavy atom. The summed E-state index contributed by atoms with van der Waals surface area (Å²) in [5.74, 6) is -0.373. The number of pyridine rings is 1. The van der Waals surface area contributed by atoms with E-state index >= 15 is 0 Å². The third-order valence-electron chi connectivity index (χ3n) is 1.08. The number of aromatic nitrogens is 1. The monoisotopic (exact) mass is 235 g/mol. The van der Waals surface area contributed by atoms with E-state index in [-0.39, 0.29) is 5.95 Å². The molecule has 0 unspecified atom stereocenters. The third kappa shape index (κ3) is 1.41. The van der Waals surface area contributed by atoms with Crippen LogP contribution in [0.1, 0.15) is 0 Å². The highest BCUT2D eigenvalue weighted by Gasteiger charge is 1.98. The summed E-state index contributed by atoms with van der Waals surface area (Å²) in [6.45, 7) is 0.